The molecular weight excluding hydrogens is 283 g/mol. The largest absolute Gasteiger partial charge is 0.416 e. The number of anilines is 1. The molecule has 0 saturated heterocycles. The van der Waals surface area contributed by atoms with E-state index in [-0.39, 0.29) is 12.1 Å². The third kappa shape index (κ3) is 3.93. The normalized spacial score (nSPS) is 11.6. The van der Waals surface area contributed by atoms with Crippen LogP contribution in [0.4, 0.5) is 19.1 Å². The molecule has 8 heteroatoms. The molecular formula is C13H16F3N5. The summed E-state index contributed by atoms with van der Waals surface area (Å²) in [6, 6.07) is 5.46. The Morgan fingerprint density at radius 1 is 1.24 bits per heavy atom. The van der Waals surface area contributed by atoms with Gasteiger partial charge in [0.15, 0.2) is 0 Å². The summed E-state index contributed by atoms with van der Waals surface area (Å²) in [5.41, 5.74) is -0.486. The van der Waals surface area contributed by atoms with Crippen LogP contribution in [0.2, 0.25) is 0 Å². The van der Waals surface area contributed by atoms with Crippen LogP contribution < -0.4 is 5.32 Å². The number of aryl methyl sites for hydroxylation is 1. The van der Waals surface area contributed by atoms with Crippen molar-refractivity contribution in [2.24, 2.45) is 0 Å². The maximum absolute atomic E-state index is 12.9. The van der Waals surface area contributed by atoms with Gasteiger partial charge in [0.1, 0.15) is 0 Å². The lowest BCUT2D eigenvalue weighted by molar-refractivity contribution is -0.138. The van der Waals surface area contributed by atoms with E-state index in [1.807, 2.05) is 6.92 Å². The summed E-state index contributed by atoms with van der Waals surface area (Å²) >= 11 is 0. The fourth-order valence-electron chi connectivity index (χ4n) is 1.92. The van der Waals surface area contributed by atoms with Crippen molar-refractivity contribution in [3.8, 4) is 0 Å². The van der Waals surface area contributed by atoms with Crippen LogP contribution in [0.25, 0.3) is 0 Å². The van der Waals surface area contributed by atoms with E-state index in [4.69, 9.17) is 0 Å². The van der Waals surface area contributed by atoms with E-state index >= 15 is 0 Å². The summed E-state index contributed by atoms with van der Waals surface area (Å²) in [7, 11) is 0. The summed E-state index contributed by atoms with van der Waals surface area (Å²) in [4.78, 5) is 0. The molecule has 2 aromatic rings. The molecule has 2 rings (SSSR count). The van der Waals surface area contributed by atoms with Gasteiger partial charge in [-0.25, -0.2) is 4.68 Å². The van der Waals surface area contributed by atoms with Crippen molar-refractivity contribution in [2.75, 3.05) is 5.32 Å². The Kier molecular flexibility index (Phi) is 4.77. The van der Waals surface area contributed by atoms with Gasteiger partial charge in [0.05, 0.1) is 5.56 Å². The Morgan fingerprint density at radius 3 is 2.71 bits per heavy atom. The number of benzene rings is 1. The molecule has 0 atom stereocenters. The Bertz CT molecular complexity index is 579. The topological polar surface area (TPSA) is 55.6 Å². The Hall–Kier alpha value is -2.12. The van der Waals surface area contributed by atoms with Gasteiger partial charge in [0, 0.05) is 13.1 Å². The predicted octanol–water partition coefficient (Wildman–Crippen LogP) is 3.10. The van der Waals surface area contributed by atoms with Crippen molar-refractivity contribution >= 4 is 5.95 Å². The van der Waals surface area contributed by atoms with Crippen LogP contribution in [0.3, 0.4) is 0 Å². The van der Waals surface area contributed by atoms with Gasteiger partial charge in [0.2, 0.25) is 5.95 Å². The zero-order valence-electron chi connectivity index (χ0n) is 11.6. The summed E-state index contributed by atoms with van der Waals surface area (Å²) < 4.78 is 40.2. The fraction of sp³-hybridized carbons (Fsp3) is 0.462. The van der Waals surface area contributed by atoms with Gasteiger partial charge in [-0.05, 0) is 28.5 Å². The number of nitrogens with zero attached hydrogens (tertiary/aromatic N) is 4. The smallest absolute Gasteiger partial charge is 0.349 e. The molecule has 0 unspecified atom stereocenters. The Balaban J connectivity index is 2.09. The highest BCUT2D eigenvalue weighted by atomic mass is 19.4. The lowest BCUT2D eigenvalue weighted by Crippen LogP contribution is -2.14. The van der Waals surface area contributed by atoms with Gasteiger partial charge in [-0.3, -0.25) is 0 Å². The average molecular weight is 299 g/mol. The van der Waals surface area contributed by atoms with E-state index in [0.29, 0.717) is 12.5 Å². The first-order valence-corrected chi connectivity index (χ1v) is 6.67. The van der Waals surface area contributed by atoms with Gasteiger partial charge in [-0.1, -0.05) is 36.6 Å². The van der Waals surface area contributed by atoms with Crippen LogP contribution in [-0.4, -0.2) is 20.2 Å². The highest BCUT2D eigenvalue weighted by Crippen LogP contribution is 2.32. The molecule has 1 aromatic carbocycles. The minimum absolute atomic E-state index is 0.0161. The second-order valence-corrected chi connectivity index (χ2v) is 4.59. The van der Waals surface area contributed by atoms with Crippen molar-refractivity contribution in [1.29, 1.82) is 0 Å². The number of aromatic nitrogens is 4. The van der Waals surface area contributed by atoms with E-state index < -0.39 is 11.7 Å². The first-order chi connectivity index (χ1) is 10.0. The zero-order chi connectivity index (χ0) is 15.3. The van der Waals surface area contributed by atoms with Crippen LogP contribution in [-0.2, 0) is 19.3 Å². The second-order valence-electron chi connectivity index (χ2n) is 4.59. The van der Waals surface area contributed by atoms with Crippen molar-refractivity contribution < 1.29 is 13.2 Å². The molecule has 1 heterocycles. The summed E-state index contributed by atoms with van der Waals surface area (Å²) in [5.74, 6) is 0.375. The average Bonchev–Trinajstić information content (AvgIpc) is 2.89. The number of rotatable bonds is 6. The number of nitrogens with one attached hydrogen (secondary N) is 1. The number of hydrogen-bond acceptors (Lipinski definition) is 4. The quantitative estimate of drug-likeness (QED) is 0.890. The Labute approximate surface area is 120 Å². The molecule has 0 aliphatic carbocycles. The summed E-state index contributed by atoms with van der Waals surface area (Å²) in [5, 5.41) is 14.0. The van der Waals surface area contributed by atoms with Crippen molar-refractivity contribution in [1.82, 2.24) is 20.2 Å². The molecule has 114 valence electrons. The van der Waals surface area contributed by atoms with Crippen molar-refractivity contribution in [3.63, 3.8) is 0 Å². The van der Waals surface area contributed by atoms with Crippen LogP contribution in [0.5, 0.6) is 0 Å². The monoisotopic (exact) mass is 299 g/mol. The molecule has 1 aromatic heterocycles. The maximum atomic E-state index is 12.9. The molecule has 21 heavy (non-hydrogen) atoms. The van der Waals surface area contributed by atoms with E-state index in [2.05, 4.69) is 20.8 Å². The lowest BCUT2D eigenvalue weighted by atomic mass is 10.1. The highest BCUT2D eigenvalue weighted by molar-refractivity contribution is 5.33. The van der Waals surface area contributed by atoms with E-state index in [0.717, 1.165) is 18.9 Å². The number of hydrogen-bond donors (Lipinski definition) is 1. The molecule has 0 radical (unpaired) electrons. The Morgan fingerprint density at radius 2 is 2.00 bits per heavy atom. The maximum Gasteiger partial charge on any atom is 0.416 e. The van der Waals surface area contributed by atoms with Crippen molar-refractivity contribution in [3.05, 3.63) is 35.4 Å². The first-order valence-electron chi connectivity index (χ1n) is 6.67. The molecule has 0 aliphatic rings. The van der Waals surface area contributed by atoms with Gasteiger partial charge >= 0.3 is 6.18 Å². The van der Waals surface area contributed by atoms with Gasteiger partial charge in [0.25, 0.3) is 0 Å². The standard InChI is InChI=1S/C13H16F3N5/c1-2-3-8-21-12(18-19-20-21)17-9-10-6-4-5-7-11(10)13(14,15)16/h4-7H,2-3,8-9H2,1H3,(H,17,18,20). The van der Waals surface area contributed by atoms with Gasteiger partial charge in [-0.2, -0.15) is 13.2 Å². The molecule has 0 bridgehead atoms. The summed E-state index contributed by atoms with van der Waals surface area (Å²) in [6.07, 6.45) is -2.48. The second kappa shape index (κ2) is 6.55. The fourth-order valence-corrected chi connectivity index (χ4v) is 1.92. The molecule has 0 saturated carbocycles. The minimum Gasteiger partial charge on any atom is -0.349 e. The predicted molar refractivity (Wildman–Crippen MR) is 71.5 cm³/mol. The van der Waals surface area contributed by atoms with E-state index in [1.54, 1.807) is 10.7 Å². The zero-order valence-corrected chi connectivity index (χ0v) is 11.6. The summed E-state index contributed by atoms with van der Waals surface area (Å²) in [6.45, 7) is 2.69. The van der Waals surface area contributed by atoms with Crippen molar-refractivity contribution in [2.45, 2.75) is 39.0 Å². The van der Waals surface area contributed by atoms with Crippen LogP contribution >= 0.6 is 0 Å². The number of halogens is 3. The van der Waals surface area contributed by atoms with Crippen LogP contribution in [0.1, 0.15) is 30.9 Å². The van der Waals surface area contributed by atoms with Gasteiger partial charge in [-0.15, -0.1) is 0 Å². The third-order valence-corrected chi connectivity index (χ3v) is 3.02. The SMILES string of the molecule is CCCCn1nnnc1NCc1ccccc1C(F)(F)F. The molecule has 5 nitrogen and oxygen atoms in total. The highest BCUT2D eigenvalue weighted by Gasteiger charge is 2.32. The molecule has 1 N–H and O–H groups in total. The number of unbranched alkanes of at least 4 members (excludes halogenated alkanes) is 1. The number of tetrazole rings is 1. The molecule has 0 aliphatic heterocycles. The molecule has 0 fully saturated rings. The lowest BCUT2D eigenvalue weighted by Gasteiger charge is -2.13. The molecule has 0 spiro atoms. The van der Waals surface area contributed by atoms with Crippen LogP contribution in [0, 0.1) is 0 Å². The van der Waals surface area contributed by atoms with Crippen LogP contribution in [0.15, 0.2) is 24.3 Å². The molecule has 0 amide bonds. The third-order valence-electron chi connectivity index (χ3n) is 3.02. The van der Waals surface area contributed by atoms with E-state index in [1.165, 1.54) is 12.1 Å². The first kappa shape index (κ1) is 15.3. The minimum atomic E-state index is -4.37. The van der Waals surface area contributed by atoms with Gasteiger partial charge < -0.3 is 5.32 Å². The van der Waals surface area contributed by atoms with E-state index in [9.17, 15) is 13.2 Å². The number of alkyl halides is 3.